The number of aromatic nitrogens is 4. The van der Waals surface area contributed by atoms with Crippen molar-refractivity contribution in [1.29, 1.82) is 0 Å². The molecule has 1 fully saturated rings. The van der Waals surface area contributed by atoms with E-state index in [1.165, 1.54) is 48.2 Å². The Bertz CT molecular complexity index is 1690. The molecule has 14 heteroatoms. The van der Waals surface area contributed by atoms with Crippen molar-refractivity contribution in [3.05, 3.63) is 77.6 Å². The van der Waals surface area contributed by atoms with E-state index >= 15 is 0 Å². The molecule has 1 saturated heterocycles. The maximum Gasteiger partial charge on any atom is 0.247 e. The van der Waals surface area contributed by atoms with E-state index in [0.717, 1.165) is 18.4 Å². The van der Waals surface area contributed by atoms with Gasteiger partial charge < -0.3 is 33.9 Å². The van der Waals surface area contributed by atoms with E-state index in [4.69, 9.17) is 23.7 Å². The van der Waals surface area contributed by atoms with E-state index in [-0.39, 0.29) is 31.6 Å². The van der Waals surface area contributed by atoms with Crippen molar-refractivity contribution in [3.8, 4) is 34.4 Å². The van der Waals surface area contributed by atoms with E-state index < -0.39 is 23.7 Å². The molecule has 2 atom stereocenters. The van der Waals surface area contributed by atoms with E-state index in [1.54, 1.807) is 38.5 Å². The van der Waals surface area contributed by atoms with Gasteiger partial charge in [0.15, 0.2) is 23.0 Å². The Hall–Kier alpha value is -5.24. The fourth-order valence-corrected chi connectivity index (χ4v) is 5.53. The number of carbonyl (C=O) groups excluding carboxylic acids is 2. The van der Waals surface area contributed by atoms with Crippen LogP contribution in [0.5, 0.6) is 23.0 Å². The van der Waals surface area contributed by atoms with Gasteiger partial charge in [0.25, 0.3) is 0 Å². The second-order valence-electron chi connectivity index (χ2n) is 11.1. The molecule has 1 aromatic heterocycles. The van der Waals surface area contributed by atoms with Crippen molar-refractivity contribution >= 4 is 11.8 Å². The van der Waals surface area contributed by atoms with Crippen LogP contribution in [-0.2, 0) is 27.3 Å². The number of tetrazole rings is 1. The topological polar surface area (TPSA) is 139 Å². The van der Waals surface area contributed by atoms with Gasteiger partial charge in [-0.2, -0.15) is 4.80 Å². The first-order valence-corrected chi connectivity index (χ1v) is 15.5. The number of amides is 2. The van der Waals surface area contributed by atoms with Crippen LogP contribution in [0.1, 0.15) is 30.0 Å². The lowest BCUT2D eigenvalue weighted by atomic mass is 10.0. The van der Waals surface area contributed by atoms with E-state index in [9.17, 15) is 14.0 Å². The molecule has 0 spiro atoms. The Balaban J connectivity index is 1.44. The average Bonchev–Trinajstić information content (AvgIpc) is 3.82. The van der Waals surface area contributed by atoms with Gasteiger partial charge in [-0.05, 0) is 78.1 Å². The minimum absolute atomic E-state index is 0.118. The van der Waals surface area contributed by atoms with Gasteiger partial charge >= 0.3 is 0 Å². The zero-order chi connectivity index (χ0) is 34.0. The third kappa shape index (κ3) is 8.18. The smallest absolute Gasteiger partial charge is 0.247 e. The van der Waals surface area contributed by atoms with Crippen LogP contribution >= 0.6 is 0 Å². The minimum Gasteiger partial charge on any atom is -0.493 e. The van der Waals surface area contributed by atoms with Crippen LogP contribution in [0.3, 0.4) is 0 Å². The fraction of sp³-hybridized carbons (Fsp3) is 0.382. The number of nitrogens with zero attached hydrogens (tertiary/aromatic N) is 5. The Morgan fingerprint density at radius 3 is 2.31 bits per heavy atom. The van der Waals surface area contributed by atoms with Gasteiger partial charge in [0.1, 0.15) is 18.4 Å². The summed E-state index contributed by atoms with van der Waals surface area (Å²) in [5.74, 6) is 1.06. The van der Waals surface area contributed by atoms with Gasteiger partial charge in [0, 0.05) is 25.3 Å². The molecule has 0 saturated carbocycles. The second-order valence-corrected chi connectivity index (χ2v) is 11.1. The van der Waals surface area contributed by atoms with Crippen LogP contribution in [0, 0.1) is 5.82 Å². The standard InChI is InChI=1S/C34H39FN6O7/c1-44-27-13-7-22(18-29(27)46-3)15-16-40(32(23-8-11-25(35)12-9-23)34(43)36-20-26-6-5-17-48-26)31(42)21-41-38-33(37-39-41)24-10-14-28(45-2)30(19-24)47-4/h7-14,18-19,26,32H,5-6,15-17,20-21H2,1-4H3,(H,36,43)/t26-,32+/m0/s1. The Morgan fingerprint density at radius 1 is 0.958 bits per heavy atom. The molecule has 48 heavy (non-hydrogen) atoms. The number of carbonyl (C=O) groups is 2. The first-order chi connectivity index (χ1) is 23.3. The van der Waals surface area contributed by atoms with Gasteiger partial charge in [-0.15, -0.1) is 10.2 Å². The van der Waals surface area contributed by atoms with Crippen LogP contribution in [0.15, 0.2) is 60.7 Å². The normalized spacial score (nSPS) is 14.6. The molecule has 1 aliphatic heterocycles. The molecule has 254 valence electrons. The molecule has 1 aliphatic rings. The zero-order valence-corrected chi connectivity index (χ0v) is 27.3. The van der Waals surface area contributed by atoms with Gasteiger partial charge in [-0.3, -0.25) is 9.59 Å². The van der Waals surface area contributed by atoms with Crippen LogP contribution in [0.25, 0.3) is 11.4 Å². The molecule has 2 heterocycles. The lowest BCUT2D eigenvalue weighted by molar-refractivity contribution is -0.141. The summed E-state index contributed by atoms with van der Waals surface area (Å²) in [6.45, 7) is 0.728. The predicted molar refractivity (Wildman–Crippen MR) is 172 cm³/mol. The number of benzene rings is 3. The molecule has 13 nitrogen and oxygen atoms in total. The van der Waals surface area contributed by atoms with Crippen molar-refractivity contribution in [2.24, 2.45) is 0 Å². The molecule has 2 amide bonds. The molecule has 1 N–H and O–H groups in total. The summed E-state index contributed by atoms with van der Waals surface area (Å²) < 4.78 is 41.3. The number of rotatable bonds is 15. The lowest BCUT2D eigenvalue weighted by Gasteiger charge is -2.32. The van der Waals surface area contributed by atoms with E-state index in [2.05, 4.69) is 20.7 Å². The van der Waals surface area contributed by atoms with Crippen LogP contribution < -0.4 is 24.3 Å². The van der Waals surface area contributed by atoms with E-state index in [1.807, 2.05) is 12.1 Å². The summed E-state index contributed by atoms with van der Waals surface area (Å²) in [5, 5.41) is 15.6. The summed E-state index contributed by atoms with van der Waals surface area (Å²) in [6, 6.07) is 15.1. The third-order valence-corrected chi connectivity index (χ3v) is 8.05. The van der Waals surface area contributed by atoms with E-state index in [0.29, 0.717) is 47.2 Å². The number of ether oxygens (including phenoxy) is 5. The highest BCUT2D eigenvalue weighted by Gasteiger charge is 2.33. The van der Waals surface area contributed by atoms with Crippen molar-refractivity contribution in [2.45, 2.75) is 38.0 Å². The Morgan fingerprint density at radius 2 is 1.65 bits per heavy atom. The lowest BCUT2D eigenvalue weighted by Crippen LogP contribution is -2.47. The summed E-state index contributed by atoms with van der Waals surface area (Å²) in [7, 11) is 6.16. The molecule has 5 rings (SSSR count). The Labute approximate surface area is 277 Å². The quantitative estimate of drug-likeness (QED) is 0.201. The summed E-state index contributed by atoms with van der Waals surface area (Å²) >= 11 is 0. The highest BCUT2D eigenvalue weighted by atomic mass is 19.1. The maximum atomic E-state index is 14.2. The van der Waals surface area contributed by atoms with Crippen molar-refractivity contribution < 1.29 is 37.7 Å². The van der Waals surface area contributed by atoms with Gasteiger partial charge in [0.2, 0.25) is 17.6 Å². The van der Waals surface area contributed by atoms with Crippen molar-refractivity contribution in [2.75, 3.05) is 48.1 Å². The molecule has 0 bridgehead atoms. The number of hydrogen-bond donors (Lipinski definition) is 1. The third-order valence-electron chi connectivity index (χ3n) is 8.05. The molecule has 3 aromatic carbocycles. The van der Waals surface area contributed by atoms with Crippen LogP contribution in [0.2, 0.25) is 0 Å². The first-order valence-electron chi connectivity index (χ1n) is 15.5. The number of nitrogens with one attached hydrogen (secondary N) is 1. The summed E-state index contributed by atoms with van der Waals surface area (Å²) in [5.41, 5.74) is 1.89. The zero-order valence-electron chi connectivity index (χ0n) is 27.3. The van der Waals surface area contributed by atoms with Gasteiger partial charge in [-0.25, -0.2) is 4.39 Å². The average molecular weight is 663 g/mol. The van der Waals surface area contributed by atoms with Crippen molar-refractivity contribution in [3.63, 3.8) is 0 Å². The predicted octanol–water partition coefficient (Wildman–Crippen LogP) is 3.62. The number of halogens is 1. The molecular formula is C34H39FN6O7. The second kappa shape index (κ2) is 16.0. The SMILES string of the molecule is COc1ccc(CCN(C(=O)Cn2nnc(-c3ccc(OC)c(OC)c3)n2)[C@@H](C(=O)NC[C@@H]2CCCO2)c2ccc(F)cc2)cc1OC. The molecular weight excluding hydrogens is 623 g/mol. The monoisotopic (exact) mass is 662 g/mol. The van der Waals surface area contributed by atoms with Crippen LogP contribution in [-0.4, -0.2) is 91.2 Å². The summed E-state index contributed by atoms with van der Waals surface area (Å²) in [4.78, 5) is 30.7. The van der Waals surface area contributed by atoms with Gasteiger partial charge in [0.05, 0.1) is 34.5 Å². The Kier molecular flexibility index (Phi) is 11.4. The molecule has 0 aliphatic carbocycles. The first kappa shape index (κ1) is 34.1. The summed E-state index contributed by atoms with van der Waals surface area (Å²) in [6.07, 6.45) is 1.98. The van der Waals surface area contributed by atoms with Crippen molar-refractivity contribution in [1.82, 2.24) is 30.4 Å². The van der Waals surface area contributed by atoms with Crippen LogP contribution in [0.4, 0.5) is 4.39 Å². The molecule has 0 unspecified atom stereocenters. The molecule has 4 aromatic rings. The largest absolute Gasteiger partial charge is 0.493 e. The van der Waals surface area contributed by atoms with Gasteiger partial charge in [-0.1, -0.05) is 18.2 Å². The highest BCUT2D eigenvalue weighted by molar-refractivity contribution is 5.88. The minimum atomic E-state index is -1.09. The maximum absolute atomic E-state index is 14.2. The fourth-order valence-electron chi connectivity index (χ4n) is 5.53. The molecule has 0 radical (unpaired) electrons. The number of hydrogen-bond acceptors (Lipinski definition) is 10. The number of methoxy groups -OCH3 is 4. The highest BCUT2D eigenvalue weighted by Crippen LogP contribution is 2.31.